The van der Waals surface area contributed by atoms with E-state index in [1.807, 2.05) is 0 Å². The number of carboxylic acids is 2. The van der Waals surface area contributed by atoms with Gasteiger partial charge < -0.3 is 10.2 Å². The molecule has 5 nitrogen and oxygen atoms in total. The molecule has 0 spiro atoms. The van der Waals surface area contributed by atoms with Crippen LogP contribution in [0.25, 0.3) is 0 Å². The van der Waals surface area contributed by atoms with E-state index in [2.05, 4.69) is 49.9 Å². The second-order valence-electron chi connectivity index (χ2n) is 4.24. The molecule has 0 saturated heterocycles. The molecule has 1 aromatic carbocycles. The Labute approximate surface area is 119 Å². The third kappa shape index (κ3) is 7.53. The van der Waals surface area contributed by atoms with E-state index in [-0.39, 0.29) is 0 Å². The number of rotatable bonds is 5. The summed E-state index contributed by atoms with van der Waals surface area (Å²) in [5, 5.41) is 14.8. The Hall–Kier alpha value is -1.88. The summed E-state index contributed by atoms with van der Waals surface area (Å²) >= 11 is 0. The molecule has 112 valence electrons. The van der Waals surface area contributed by atoms with Crippen molar-refractivity contribution in [2.75, 3.05) is 13.1 Å². The summed E-state index contributed by atoms with van der Waals surface area (Å²) in [6.45, 7) is 9.96. The molecule has 0 heterocycles. The van der Waals surface area contributed by atoms with Gasteiger partial charge in [0.05, 0.1) is 0 Å². The molecule has 1 aromatic rings. The van der Waals surface area contributed by atoms with Crippen molar-refractivity contribution in [3.8, 4) is 0 Å². The van der Waals surface area contributed by atoms with Gasteiger partial charge in [0.25, 0.3) is 0 Å². The van der Waals surface area contributed by atoms with Crippen molar-refractivity contribution >= 4 is 11.9 Å². The summed E-state index contributed by atoms with van der Waals surface area (Å²) in [4.78, 5) is 20.6. The Morgan fingerprint density at radius 3 is 1.60 bits per heavy atom. The fourth-order valence-corrected chi connectivity index (χ4v) is 1.59. The molecule has 0 fully saturated rings. The van der Waals surface area contributed by atoms with Crippen LogP contribution in [0.1, 0.15) is 31.9 Å². The highest BCUT2D eigenvalue weighted by molar-refractivity contribution is 6.27. The van der Waals surface area contributed by atoms with Gasteiger partial charge in [-0.25, -0.2) is 9.59 Å². The average Bonchev–Trinajstić information content (AvgIpc) is 2.46. The van der Waals surface area contributed by atoms with Gasteiger partial charge in [-0.15, -0.1) is 0 Å². The van der Waals surface area contributed by atoms with Gasteiger partial charge in [-0.05, 0) is 30.6 Å². The number of aliphatic carboxylic acids is 2. The van der Waals surface area contributed by atoms with Crippen molar-refractivity contribution < 1.29 is 19.8 Å². The molecule has 0 aliphatic rings. The summed E-state index contributed by atoms with van der Waals surface area (Å²) in [6, 6.07) is 8.96. The quantitative estimate of drug-likeness (QED) is 0.809. The molecule has 5 heteroatoms. The summed E-state index contributed by atoms with van der Waals surface area (Å²) in [7, 11) is 0. The largest absolute Gasteiger partial charge is 0.473 e. The molecule has 0 bridgehead atoms. The summed E-state index contributed by atoms with van der Waals surface area (Å²) in [5.41, 5.74) is 2.85. The molecule has 0 atom stereocenters. The average molecular weight is 281 g/mol. The first-order valence-corrected chi connectivity index (χ1v) is 6.70. The predicted molar refractivity (Wildman–Crippen MR) is 77.7 cm³/mol. The van der Waals surface area contributed by atoms with Crippen LogP contribution in [0.15, 0.2) is 24.3 Å². The number of hydrogen-bond acceptors (Lipinski definition) is 3. The Balaban J connectivity index is 0.000000511. The summed E-state index contributed by atoms with van der Waals surface area (Å²) in [5.74, 6) is -3.65. The van der Waals surface area contributed by atoms with Gasteiger partial charge in [-0.3, -0.25) is 4.90 Å². The highest BCUT2D eigenvalue weighted by Gasteiger charge is 2.04. The van der Waals surface area contributed by atoms with Crippen molar-refractivity contribution in [3.05, 3.63) is 35.4 Å². The lowest BCUT2D eigenvalue weighted by Gasteiger charge is -2.17. The zero-order valence-electron chi connectivity index (χ0n) is 12.3. The minimum Gasteiger partial charge on any atom is -0.473 e. The van der Waals surface area contributed by atoms with Crippen molar-refractivity contribution in [2.45, 2.75) is 33.7 Å². The van der Waals surface area contributed by atoms with E-state index in [0.717, 1.165) is 26.1 Å². The van der Waals surface area contributed by atoms with E-state index in [0.29, 0.717) is 0 Å². The van der Waals surface area contributed by atoms with E-state index >= 15 is 0 Å². The topological polar surface area (TPSA) is 77.8 Å². The van der Waals surface area contributed by atoms with Crippen molar-refractivity contribution in [3.63, 3.8) is 0 Å². The number of nitrogens with zero attached hydrogens (tertiary/aromatic N) is 1. The van der Waals surface area contributed by atoms with Crippen LogP contribution in [0.5, 0.6) is 0 Å². The lowest BCUT2D eigenvalue weighted by molar-refractivity contribution is -0.159. The number of carbonyl (C=O) groups is 2. The summed E-state index contributed by atoms with van der Waals surface area (Å²) in [6.07, 6.45) is 1.13. The van der Waals surface area contributed by atoms with Crippen molar-refractivity contribution in [2.24, 2.45) is 0 Å². The lowest BCUT2D eigenvalue weighted by Crippen LogP contribution is -2.21. The first kappa shape index (κ1) is 18.1. The third-order valence-electron chi connectivity index (χ3n) is 2.91. The Kier molecular flexibility index (Phi) is 9.04. The normalized spacial score (nSPS) is 9.80. The fourth-order valence-electron chi connectivity index (χ4n) is 1.59. The van der Waals surface area contributed by atoms with Crippen LogP contribution < -0.4 is 0 Å². The van der Waals surface area contributed by atoms with Crippen LogP contribution in [-0.4, -0.2) is 40.1 Å². The zero-order chi connectivity index (χ0) is 15.5. The number of carboxylic acid groups (broad SMARTS) is 2. The Morgan fingerprint density at radius 2 is 1.30 bits per heavy atom. The molecule has 20 heavy (non-hydrogen) atoms. The van der Waals surface area contributed by atoms with Gasteiger partial charge in [0.1, 0.15) is 0 Å². The van der Waals surface area contributed by atoms with Crippen molar-refractivity contribution in [1.29, 1.82) is 0 Å². The van der Waals surface area contributed by atoms with Crippen LogP contribution in [0.3, 0.4) is 0 Å². The standard InChI is InChI=1S/C13H21N.C2H2O4/c1-4-12-7-9-13(10-8-12)11-14(5-2)6-3;3-1(4)2(5)6/h7-10H,4-6,11H2,1-3H3;(H,3,4)(H,5,6). The van der Waals surface area contributed by atoms with Crippen molar-refractivity contribution in [1.82, 2.24) is 4.90 Å². The third-order valence-corrected chi connectivity index (χ3v) is 2.91. The van der Waals surface area contributed by atoms with E-state index in [1.54, 1.807) is 0 Å². The maximum absolute atomic E-state index is 9.10. The highest BCUT2D eigenvalue weighted by atomic mass is 16.4. The second kappa shape index (κ2) is 9.97. The van der Waals surface area contributed by atoms with Gasteiger partial charge in [0.15, 0.2) is 0 Å². The second-order valence-corrected chi connectivity index (χ2v) is 4.24. The molecule has 0 unspecified atom stereocenters. The maximum atomic E-state index is 9.10. The fraction of sp³-hybridized carbons (Fsp3) is 0.467. The molecule has 0 aliphatic heterocycles. The molecule has 0 aromatic heterocycles. The molecule has 1 rings (SSSR count). The minimum absolute atomic E-state index is 1.08. The zero-order valence-corrected chi connectivity index (χ0v) is 12.3. The van der Waals surface area contributed by atoms with Gasteiger partial charge in [0.2, 0.25) is 0 Å². The molecule has 0 saturated carbocycles. The molecular formula is C15H23NO4. The smallest absolute Gasteiger partial charge is 0.414 e. The molecule has 0 amide bonds. The monoisotopic (exact) mass is 281 g/mol. The first-order valence-electron chi connectivity index (χ1n) is 6.70. The molecule has 0 aliphatic carbocycles. The summed E-state index contributed by atoms with van der Waals surface area (Å²) < 4.78 is 0. The first-order chi connectivity index (χ1) is 9.44. The van der Waals surface area contributed by atoms with Gasteiger partial charge in [0, 0.05) is 6.54 Å². The van der Waals surface area contributed by atoms with Gasteiger partial charge >= 0.3 is 11.9 Å². The van der Waals surface area contributed by atoms with Crippen LogP contribution in [0.2, 0.25) is 0 Å². The van der Waals surface area contributed by atoms with Crippen LogP contribution >= 0.6 is 0 Å². The number of aryl methyl sites for hydroxylation is 1. The van der Waals surface area contributed by atoms with Crippen LogP contribution in [0, 0.1) is 0 Å². The van der Waals surface area contributed by atoms with Crippen LogP contribution in [-0.2, 0) is 22.6 Å². The van der Waals surface area contributed by atoms with Gasteiger partial charge in [-0.2, -0.15) is 0 Å². The highest BCUT2D eigenvalue weighted by Crippen LogP contribution is 2.07. The SMILES string of the molecule is CCc1ccc(CN(CC)CC)cc1.O=C(O)C(=O)O. The van der Waals surface area contributed by atoms with Crippen LogP contribution in [0.4, 0.5) is 0 Å². The number of benzene rings is 1. The van der Waals surface area contributed by atoms with Gasteiger partial charge in [-0.1, -0.05) is 45.0 Å². The predicted octanol–water partition coefficient (Wildman–Crippen LogP) is 2.25. The number of hydrogen-bond donors (Lipinski definition) is 2. The molecule has 2 N–H and O–H groups in total. The minimum atomic E-state index is -1.82. The van der Waals surface area contributed by atoms with E-state index in [9.17, 15) is 0 Å². The Bertz CT molecular complexity index is 398. The molecular weight excluding hydrogens is 258 g/mol. The Morgan fingerprint density at radius 1 is 0.900 bits per heavy atom. The van der Waals surface area contributed by atoms with E-state index < -0.39 is 11.9 Å². The van der Waals surface area contributed by atoms with E-state index in [1.165, 1.54) is 11.1 Å². The molecule has 0 radical (unpaired) electrons. The lowest BCUT2D eigenvalue weighted by atomic mass is 10.1. The van der Waals surface area contributed by atoms with E-state index in [4.69, 9.17) is 19.8 Å². The maximum Gasteiger partial charge on any atom is 0.414 e.